The van der Waals surface area contributed by atoms with Gasteiger partial charge >= 0.3 is 12.0 Å². The number of rotatable bonds is 8. The van der Waals surface area contributed by atoms with Crippen molar-refractivity contribution in [3.8, 4) is 0 Å². The van der Waals surface area contributed by atoms with Crippen molar-refractivity contribution in [1.29, 1.82) is 0 Å². The number of aliphatic carboxylic acids is 1. The molecule has 2 amide bonds. The van der Waals surface area contributed by atoms with Crippen LogP contribution in [0.2, 0.25) is 0 Å². The molecule has 1 aliphatic carbocycles. The summed E-state index contributed by atoms with van der Waals surface area (Å²) >= 11 is 0. The average molecular weight is 284 g/mol. The van der Waals surface area contributed by atoms with E-state index >= 15 is 0 Å². The summed E-state index contributed by atoms with van der Waals surface area (Å²) in [6.07, 6.45) is 5.67. The van der Waals surface area contributed by atoms with Gasteiger partial charge in [0.15, 0.2) is 0 Å². The fourth-order valence-electron chi connectivity index (χ4n) is 2.98. The van der Waals surface area contributed by atoms with Crippen molar-refractivity contribution in [1.82, 2.24) is 10.6 Å². The van der Waals surface area contributed by atoms with Gasteiger partial charge in [-0.25, -0.2) is 4.79 Å². The Labute approximate surface area is 121 Å². The van der Waals surface area contributed by atoms with Gasteiger partial charge in [0.2, 0.25) is 0 Å². The zero-order chi connectivity index (χ0) is 15.2. The molecule has 0 unspecified atom stereocenters. The summed E-state index contributed by atoms with van der Waals surface area (Å²) in [5.74, 6) is -0.781. The van der Waals surface area contributed by atoms with Crippen LogP contribution in [0.3, 0.4) is 0 Å². The Morgan fingerprint density at radius 2 is 1.70 bits per heavy atom. The lowest BCUT2D eigenvalue weighted by Gasteiger charge is -2.41. The fraction of sp³-hybridized carbons (Fsp3) is 0.867. The smallest absolute Gasteiger partial charge is 0.315 e. The van der Waals surface area contributed by atoms with Crippen LogP contribution in [0.15, 0.2) is 0 Å². The third-order valence-electron chi connectivity index (χ3n) is 4.97. The van der Waals surface area contributed by atoms with Gasteiger partial charge in [-0.3, -0.25) is 4.79 Å². The number of carbonyl (C=O) groups excluding carboxylic acids is 1. The maximum atomic E-state index is 12.0. The topological polar surface area (TPSA) is 78.4 Å². The molecular formula is C15H28N2O3. The summed E-state index contributed by atoms with van der Waals surface area (Å²) in [5, 5.41) is 14.9. The minimum Gasteiger partial charge on any atom is -0.481 e. The van der Waals surface area contributed by atoms with Gasteiger partial charge in [0.25, 0.3) is 0 Å². The Bertz CT molecular complexity index is 339. The molecule has 116 valence electrons. The monoisotopic (exact) mass is 284 g/mol. The maximum Gasteiger partial charge on any atom is 0.315 e. The first-order valence-electron chi connectivity index (χ1n) is 7.69. The third kappa shape index (κ3) is 4.12. The highest BCUT2D eigenvalue weighted by Crippen LogP contribution is 2.43. The largest absolute Gasteiger partial charge is 0.481 e. The molecular weight excluding hydrogens is 256 g/mol. The van der Waals surface area contributed by atoms with Crippen LogP contribution in [0.4, 0.5) is 4.79 Å². The summed E-state index contributed by atoms with van der Waals surface area (Å²) < 4.78 is 0. The van der Waals surface area contributed by atoms with E-state index in [-0.39, 0.29) is 23.4 Å². The van der Waals surface area contributed by atoms with E-state index in [4.69, 9.17) is 5.11 Å². The van der Waals surface area contributed by atoms with Gasteiger partial charge in [-0.2, -0.15) is 0 Å². The number of hydrogen-bond donors (Lipinski definition) is 3. The maximum absolute atomic E-state index is 12.0. The molecule has 0 aromatic carbocycles. The Hall–Kier alpha value is -1.26. The van der Waals surface area contributed by atoms with E-state index in [2.05, 4.69) is 31.4 Å². The molecule has 5 heteroatoms. The normalized spacial score (nSPS) is 17.1. The van der Waals surface area contributed by atoms with Gasteiger partial charge in [-0.15, -0.1) is 0 Å². The van der Waals surface area contributed by atoms with E-state index in [9.17, 15) is 9.59 Å². The highest BCUT2D eigenvalue weighted by atomic mass is 16.4. The summed E-state index contributed by atoms with van der Waals surface area (Å²) in [5.41, 5.74) is -0.375. The number of carbonyl (C=O) groups is 2. The number of amides is 2. The molecule has 20 heavy (non-hydrogen) atoms. The number of urea groups is 1. The molecule has 3 N–H and O–H groups in total. The average Bonchev–Trinajstić information content (AvgIpc) is 2.38. The molecule has 0 radical (unpaired) electrons. The van der Waals surface area contributed by atoms with Crippen molar-refractivity contribution in [2.75, 3.05) is 6.54 Å². The van der Waals surface area contributed by atoms with E-state index in [0.29, 0.717) is 6.54 Å². The number of carboxylic acids is 1. The van der Waals surface area contributed by atoms with Crippen molar-refractivity contribution in [2.45, 2.75) is 71.3 Å². The molecule has 5 nitrogen and oxygen atoms in total. The van der Waals surface area contributed by atoms with Gasteiger partial charge in [-0.05, 0) is 37.5 Å². The van der Waals surface area contributed by atoms with E-state index in [1.807, 2.05) is 0 Å². The van der Waals surface area contributed by atoms with Crippen LogP contribution in [0, 0.1) is 5.41 Å². The minimum atomic E-state index is -0.781. The van der Waals surface area contributed by atoms with Crippen LogP contribution >= 0.6 is 0 Å². The van der Waals surface area contributed by atoms with Gasteiger partial charge in [0.1, 0.15) is 0 Å². The first kappa shape index (κ1) is 16.8. The summed E-state index contributed by atoms with van der Waals surface area (Å²) in [6, 6.07) is -0.174. The van der Waals surface area contributed by atoms with Crippen LogP contribution in [0.1, 0.15) is 65.7 Å². The van der Waals surface area contributed by atoms with Crippen LogP contribution in [0.5, 0.6) is 0 Å². The second-order valence-electron chi connectivity index (χ2n) is 6.07. The SMILES string of the molecule is CCC(CC)(CC)NC(=O)NCC1(CC(=O)O)CCC1. The van der Waals surface area contributed by atoms with Gasteiger partial charge in [0.05, 0.1) is 6.42 Å². The lowest BCUT2D eigenvalue weighted by molar-refractivity contribution is -0.141. The molecule has 0 aromatic heterocycles. The second kappa shape index (κ2) is 6.95. The zero-order valence-electron chi connectivity index (χ0n) is 12.9. The van der Waals surface area contributed by atoms with Crippen LogP contribution in [0.25, 0.3) is 0 Å². The summed E-state index contributed by atoms with van der Waals surface area (Å²) in [7, 11) is 0. The van der Waals surface area contributed by atoms with Crippen molar-refractivity contribution in [3.05, 3.63) is 0 Å². The van der Waals surface area contributed by atoms with E-state index < -0.39 is 5.97 Å². The first-order valence-corrected chi connectivity index (χ1v) is 7.69. The van der Waals surface area contributed by atoms with Gasteiger partial charge < -0.3 is 15.7 Å². The third-order valence-corrected chi connectivity index (χ3v) is 4.97. The first-order chi connectivity index (χ1) is 9.41. The Morgan fingerprint density at radius 3 is 2.05 bits per heavy atom. The molecule has 1 saturated carbocycles. The quantitative estimate of drug-likeness (QED) is 0.641. The molecule has 0 spiro atoms. The molecule has 0 atom stereocenters. The fourth-order valence-corrected chi connectivity index (χ4v) is 2.98. The van der Waals surface area contributed by atoms with Gasteiger partial charge in [0, 0.05) is 12.1 Å². The highest BCUT2D eigenvalue weighted by Gasteiger charge is 2.39. The highest BCUT2D eigenvalue weighted by molar-refractivity contribution is 5.75. The lowest BCUT2D eigenvalue weighted by atomic mass is 9.66. The number of hydrogen-bond acceptors (Lipinski definition) is 2. The molecule has 1 rings (SSSR count). The van der Waals surface area contributed by atoms with E-state index in [1.165, 1.54) is 0 Å². The van der Waals surface area contributed by atoms with Crippen molar-refractivity contribution >= 4 is 12.0 Å². The molecule has 0 bridgehead atoms. The van der Waals surface area contributed by atoms with Crippen LogP contribution in [-0.2, 0) is 4.79 Å². The standard InChI is InChI=1S/C15H28N2O3/c1-4-15(5-2,6-3)17-13(20)16-11-14(8-7-9-14)10-12(18)19/h4-11H2,1-3H3,(H,18,19)(H2,16,17,20). The molecule has 0 saturated heterocycles. The minimum absolute atomic E-state index is 0.147. The van der Waals surface area contributed by atoms with Crippen molar-refractivity contribution in [3.63, 3.8) is 0 Å². The van der Waals surface area contributed by atoms with Gasteiger partial charge in [-0.1, -0.05) is 27.2 Å². The Kier molecular flexibility index (Phi) is 5.84. The van der Waals surface area contributed by atoms with Crippen molar-refractivity contribution < 1.29 is 14.7 Å². The lowest BCUT2D eigenvalue weighted by Crippen LogP contribution is -2.53. The number of nitrogens with one attached hydrogen (secondary N) is 2. The Morgan fingerprint density at radius 1 is 1.15 bits per heavy atom. The summed E-state index contributed by atoms with van der Waals surface area (Å²) in [6.45, 7) is 6.68. The molecule has 0 aliphatic heterocycles. The molecule has 0 heterocycles. The van der Waals surface area contributed by atoms with Crippen LogP contribution < -0.4 is 10.6 Å². The second-order valence-corrected chi connectivity index (χ2v) is 6.07. The number of carboxylic acid groups (broad SMARTS) is 1. The predicted octanol–water partition coefficient (Wildman–Crippen LogP) is 2.90. The van der Waals surface area contributed by atoms with E-state index in [0.717, 1.165) is 38.5 Å². The molecule has 1 fully saturated rings. The van der Waals surface area contributed by atoms with Crippen LogP contribution in [-0.4, -0.2) is 29.2 Å². The molecule has 1 aliphatic rings. The summed E-state index contributed by atoms with van der Waals surface area (Å²) in [4.78, 5) is 22.9. The van der Waals surface area contributed by atoms with Crippen molar-refractivity contribution in [2.24, 2.45) is 5.41 Å². The van der Waals surface area contributed by atoms with E-state index in [1.54, 1.807) is 0 Å². The zero-order valence-corrected chi connectivity index (χ0v) is 12.9. The predicted molar refractivity (Wildman–Crippen MR) is 78.7 cm³/mol. The Balaban J connectivity index is 2.48. The molecule has 0 aromatic rings.